The van der Waals surface area contributed by atoms with Crippen molar-refractivity contribution >= 4 is 22.4 Å². The fraction of sp³-hybridized carbons (Fsp3) is 0.150. The van der Waals surface area contributed by atoms with Crippen LogP contribution in [-0.4, -0.2) is 12.6 Å². The Morgan fingerprint density at radius 2 is 1.83 bits per heavy atom. The smallest absolute Gasteiger partial charge is 0.340 e. The first-order valence-corrected chi connectivity index (χ1v) is 7.77. The summed E-state index contributed by atoms with van der Waals surface area (Å²) < 4.78 is 18.8. The van der Waals surface area contributed by atoms with Crippen molar-refractivity contribution in [1.82, 2.24) is 0 Å². The highest BCUT2D eigenvalue weighted by Gasteiger charge is 2.20. The van der Waals surface area contributed by atoms with E-state index < -0.39 is 11.8 Å². The van der Waals surface area contributed by atoms with Crippen LogP contribution in [0.25, 0.3) is 21.9 Å². The van der Waals surface area contributed by atoms with Crippen LogP contribution in [0.5, 0.6) is 0 Å². The minimum atomic E-state index is -0.503. The quantitative estimate of drug-likeness (QED) is 0.561. The third-order valence-corrected chi connectivity index (χ3v) is 3.99. The number of nitrogens with two attached hydrogens (primary N) is 1. The molecule has 2 N–H and O–H groups in total. The van der Waals surface area contributed by atoms with Crippen LogP contribution in [0.1, 0.15) is 22.8 Å². The Morgan fingerprint density at radius 3 is 2.50 bits per heavy atom. The number of ether oxygens (including phenoxy) is 1. The van der Waals surface area contributed by atoms with Crippen LogP contribution in [0.4, 0.5) is 10.1 Å². The Kier molecular flexibility index (Phi) is 4.21. The molecule has 0 saturated heterocycles. The van der Waals surface area contributed by atoms with E-state index in [1.54, 1.807) is 13.0 Å². The molecule has 0 spiro atoms. The molecule has 0 aliphatic carbocycles. The molecule has 0 aliphatic heterocycles. The SMILES string of the molecule is CCOC(=O)c1c(-c2ccc(C)cc2)cc2ccc(F)cc2c1N. The van der Waals surface area contributed by atoms with Crippen molar-refractivity contribution in [2.75, 3.05) is 12.3 Å². The van der Waals surface area contributed by atoms with Crippen LogP contribution < -0.4 is 5.73 Å². The van der Waals surface area contributed by atoms with Crippen LogP contribution in [0.2, 0.25) is 0 Å². The highest BCUT2D eigenvalue weighted by Crippen LogP contribution is 2.35. The lowest BCUT2D eigenvalue weighted by Gasteiger charge is -2.15. The van der Waals surface area contributed by atoms with Crippen molar-refractivity contribution in [2.45, 2.75) is 13.8 Å². The Hall–Kier alpha value is -2.88. The first-order valence-electron chi connectivity index (χ1n) is 7.77. The summed E-state index contributed by atoms with van der Waals surface area (Å²) in [4.78, 5) is 12.5. The van der Waals surface area contributed by atoms with Crippen molar-refractivity contribution in [3.8, 4) is 11.1 Å². The van der Waals surface area contributed by atoms with Gasteiger partial charge in [-0.05, 0) is 48.6 Å². The van der Waals surface area contributed by atoms with E-state index in [4.69, 9.17) is 10.5 Å². The molecule has 0 bridgehead atoms. The number of anilines is 1. The molecule has 3 aromatic rings. The average molecular weight is 323 g/mol. The molecule has 3 rings (SSSR count). The van der Waals surface area contributed by atoms with Gasteiger partial charge in [0.05, 0.1) is 17.9 Å². The summed E-state index contributed by atoms with van der Waals surface area (Å²) in [6, 6.07) is 14.0. The Balaban J connectivity index is 2.33. The standard InChI is InChI=1S/C20H18FNO2/c1-3-24-20(23)18-16(13-6-4-12(2)5-7-13)10-14-8-9-15(21)11-17(14)19(18)22/h4-11H,3,22H2,1-2H3. The van der Waals surface area contributed by atoms with Crippen LogP contribution in [0, 0.1) is 12.7 Å². The summed E-state index contributed by atoms with van der Waals surface area (Å²) in [6.45, 7) is 3.97. The van der Waals surface area contributed by atoms with Crippen LogP contribution in [0.3, 0.4) is 0 Å². The van der Waals surface area contributed by atoms with Gasteiger partial charge in [-0.25, -0.2) is 9.18 Å². The molecule has 0 fully saturated rings. The summed E-state index contributed by atoms with van der Waals surface area (Å²) in [5, 5.41) is 1.28. The van der Waals surface area contributed by atoms with Gasteiger partial charge in [0.15, 0.2) is 0 Å². The molecule has 0 aliphatic rings. The lowest BCUT2D eigenvalue weighted by molar-refractivity contribution is 0.0528. The summed E-state index contributed by atoms with van der Waals surface area (Å²) >= 11 is 0. The van der Waals surface area contributed by atoms with E-state index in [1.807, 2.05) is 37.3 Å². The number of halogens is 1. The molecular formula is C20H18FNO2. The number of hydrogen-bond acceptors (Lipinski definition) is 3. The molecule has 3 aromatic carbocycles. The van der Waals surface area contributed by atoms with Crippen molar-refractivity contribution < 1.29 is 13.9 Å². The van der Waals surface area contributed by atoms with Gasteiger partial charge in [0, 0.05) is 5.39 Å². The van der Waals surface area contributed by atoms with E-state index in [9.17, 15) is 9.18 Å². The van der Waals surface area contributed by atoms with Crippen LogP contribution >= 0.6 is 0 Å². The predicted octanol–water partition coefficient (Wildman–Crippen LogP) is 4.71. The van der Waals surface area contributed by atoms with Gasteiger partial charge in [0.1, 0.15) is 5.82 Å². The fourth-order valence-corrected chi connectivity index (χ4v) is 2.78. The van der Waals surface area contributed by atoms with Gasteiger partial charge < -0.3 is 10.5 Å². The summed E-state index contributed by atoms with van der Waals surface area (Å²) in [5.74, 6) is -0.899. The van der Waals surface area contributed by atoms with Gasteiger partial charge in [-0.2, -0.15) is 0 Å². The topological polar surface area (TPSA) is 52.3 Å². The third-order valence-electron chi connectivity index (χ3n) is 3.99. The molecule has 3 nitrogen and oxygen atoms in total. The van der Waals surface area contributed by atoms with Crippen molar-refractivity contribution in [3.63, 3.8) is 0 Å². The average Bonchev–Trinajstić information content (AvgIpc) is 2.56. The summed E-state index contributed by atoms with van der Waals surface area (Å²) in [6.07, 6.45) is 0. The monoisotopic (exact) mass is 323 g/mol. The van der Waals surface area contributed by atoms with Gasteiger partial charge in [0.25, 0.3) is 0 Å². The number of rotatable bonds is 3. The number of aryl methyl sites for hydroxylation is 1. The molecule has 24 heavy (non-hydrogen) atoms. The second-order valence-electron chi connectivity index (χ2n) is 5.66. The minimum absolute atomic E-state index is 0.237. The van der Waals surface area contributed by atoms with Gasteiger partial charge in [-0.1, -0.05) is 35.9 Å². The second kappa shape index (κ2) is 6.32. The maximum absolute atomic E-state index is 13.6. The third kappa shape index (κ3) is 2.83. The maximum Gasteiger partial charge on any atom is 0.340 e. The summed E-state index contributed by atoms with van der Waals surface area (Å²) in [5.41, 5.74) is 9.40. The Bertz CT molecular complexity index is 917. The highest BCUT2D eigenvalue weighted by molar-refractivity contribution is 6.11. The number of hydrogen-bond donors (Lipinski definition) is 1. The Morgan fingerprint density at radius 1 is 1.12 bits per heavy atom. The zero-order valence-electron chi connectivity index (χ0n) is 13.6. The number of fused-ring (bicyclic) bond motifs is 1. The molecule has 0 saturated carbocycles. The fourth-order valence-electron chi connectivity index (χ4n) is 2.78. The molecular weight excluding hydrogens is 305 g/mol. The van der Waals surface area contributed by atoms with E-state index in [0.29, 0.717) is 10.9 Å². The first-order chi connectivity index (χ1) is 11.5. The molecule has 122 valence electrons. The molecule has 0 radical (unpaired) electrons. The first kappa shape index (κ1) is 16.0. The minimum Gasteiger partial charge on any atom is -0.462 e. The zero-order valence-corrected chi connectivity index (χ0v) is 13.6. The number of nitrogen functional groups attached to an aromatic ring is 1. The van der Waals surface area contributed by atoms with Crippen LogP contribution in [-0.2, 0) is 4.74 Å². The molecule has 0 atom stereocenters. The van der Waals surface area contributed by atoms with Crippen molar-refractivity contribution in [1.29, 1.82) is 0 Å². The molecule has 0 aromatic heterocycles. The lowest BCUT2D eigenvalue weighted by atomic mass is 9.93. The lowest BCUT2D eigenvalue weighted by Crippen LogP contribution is -2.10. The van der Waals surface area contributed by atoms with E-state index >= 15 is 0 Å². The Labute approximate surface area is 139 Å². The van der Waals surface area contributed by atoms with Crippen molar-refractivity contribution in [3.05, 3.63) is 65.5 Å². The van der Waals surface area contributed by atoms with Gasteiger partial charge in [0.2, 0.25) is 0 Å². The number of carbonyl (C=O) groups is 1. The second-order valence-corrected chi connectivity index (χ2v) is 5.66. The number of carbonyl (C=O) groups excluding carboxylic acids is 1. The number of esters is 1. The zero-order chi connectivity index (χ0) is 17.3. The molecule has 4 heteroatoms. The predicted molar refractivity (Wildman–Crippen MR) is 94.4 cm³/mol. The van der Waals surface area contributed by atoms with E-state index in [1.165, 1.54) is 12.1 Å². The van der Waals surface area contributed by atoms with E-state index in [0.717, 1.165) is 16.5 Å². The molecule has 0 amide bonds. The maximum atomic E-state index is 13.6. The van der Waals surface area contributed by atoms with Gasteiger partial charge in [-0.15, -0.1) is 0 Å². The van der Waals surface area contributed by atoms with Gasteiger partial charge >= 0.3 is 5.97 Å². The van der Waals surface area contributed by atoms with Crippen molar-refractivity contribution in [2.24, 2.45) is 0 Å². The van der Waals surface area contributed by atoms with Gasteiger partial charge in [-0.3, -0.25) is 0 Å². The normalized spacial score (nSPS) is 10.8. The van der Waals surface area contributed by atoms with E-state index in [-0.39, 0.29) is 17.9 Å². The molecule has 0 unspecified atom stereocenters. The highest BCUT2D eigenvalue weighted by atomic mass is 19.1. The van der Waals surface area contributed by atoms with Crippen LogP contribution in [0.15, 0.2) is 48.5 Å². The molecule has 0 heterocycles. The number of benzene rings is 3. The summed E-state index contributed by atoms with van der Waals surface area (Å²) in [7, 11) is 0. The largest absolute Gasteiger partial charge is 0.462 e. The van der Waals surface area contributed by atoms with E-state index in [2.05, 4.69) is 0 Å².